The zero-order chi connectivity index (χ0) is 9.84. The smallest absolute Gasteiger partial charge is 0.0233 e. The Bertz CT molecular complexity index is 210. The molecule has 0 aliphatic heterocycles. The number of allylic oxidation sites excluding steroid dienone is 4. The maximum atomic E-state index is 2.39. The zero-order valence-electron chi connectivity index (χ0n) is 9.38. The Hall–Kier alpha value is -0.520. The van der Waals surface area contributed by atoms with Gasteiger partial charge < -0.3 is 0 Å². The molecule has 1 rings (SSSR count). The molecule has 0 heteroatoms. The fourth-order valence-electron chi connectivity index (χ4n) is 1.87. The zero-order valence-corrected chi connectivity index (χ0v) is 9.38. The second kappa shape index (κ2) is 4.64. The standard InChI is InChI=1S/C13H22/c1-10-5-7-12(3)13(4)8-6-11(2)9-10/h5,7,9,11-13H,6,8H2,1-4H3/b7-5-,10-9+/t11?,12-,13+/m0/s1. The Kier molecular flexibility index (Phi) is 3.77. The molecule has 0 saturated carbocycles. The molecule has 74 valence electrons. The van der Waals surface area contributed by atoms with Gasteiger partial charge in [-0.2, -0.15) is 0 Å². The van der Waals surface area contributed by atoms with Gasteiger partial charge in [0.25, 0.3) is 0 Å². The van der Waals surface area contributed by atoms with Crippen LogP contribution < -0.4 is 0 Å². The van der Waals surface area contributed by atoms with Gasteiger partial charge >= 0.3 is 0 Å². The van der Waals surface area contributed by atoms with Crippen LogP contribution in [0.2, 0.25) is 0 Å². The van der Waals surface area contributed by atoms with E-state index in [0.29, 0.717) is 0 Å². The highest BCUT2D eigenvalue weighted by molar-refractivity contribution is 5.18. The molecule has 0 aromatic heterocycles. The van der Waals surface area contributed by atoms with Gasteiger partial charge in [-0.25, -0.2) is 0 Å². The molecule has 0 heterocycles. The first-order chi connectivity index (χ1) is 6.09. The van der Waals surface area contributed by atoms with E-state index in [0.717, 1.165) is 17.8 Å². The van der Waals surface area contributed by atoms with Gasteiger partial charge in [0.15, 0.2) is 0 Å². The first kappa shape index (κ1) is 10.6. The second-order valence-corrected chi connectivity index (χ2v) is 4.66. The molecule has 0 bridgehead atoms. The van der Waals surface area contributed by atoms with Crippen molar-refractivity contribution in [2.75, 3.05) is 0 Å². The molecule has 1 unspecified atom stereocenters. The Balaban J connectivity index is 2.72. The van der Waals surface area contributed by atoms with Gasteiger partial charge in [-0.15, -0.1) is 0 Å². The van der Waals surface area contributed by atoms with Crippen molar-refractivity contribution in [2.45, 2.75) is 40.5 Å². The molecule has 1 aliphatic rings. The first-order valence-electron chi connectivity index (χ1n) is 5.46. The highest BCUT2D eigenvalue weighted by atomic mass is 14.2. The van der Waals surface area contributed by atoms with Gasteiger partial charge in [0, 0.05) is 0 Å². The van der Waals surface area contributed by atoms with E-state index in [1.54, 1.807) is 0 Å². The Morgan fingerprint density at radius 3 is 2.54 bits per heavy atom. The van der Waals surface area contributed by atoms with Crippen molar-refractivity contribution in [2.24, 2.45) is 17.8 Å². The van der Waals surface area contributed by atoms with E-state index in [1.807, 2.05) is 0 Å². The molecule has 0 amide bonds. The van der Waals surface area contributed by atoms with E-state index < -0.39 is 0 Å². The monoisotopic (exact) mass is 178 g/mol. The molecule has 0 radical (unpaired) electrons. The average molecular weight is 178 g/mol. The van der Waals surface area contributed by atoms with Crippen LogP contribution in [-0.2, 0) is 0 Å². The predicted octanol–water partition coefficient (Wildman–Crippen LogP) is 4.19. The molecule has 0 fully saturated rings. The molecule has 13 heavy (non-hydrogen) atoms. The summed E-state index contributed by atoms with van der Waals surface area (Å²) in [5.41, 5.74) is 1.42. The Morgan fingerprint density at radius 2 is 1.85 bits per heavy atom. The van der Waals surface area contributed by atoms with E-state index in [2.05, 4.69) is 45.9 Å². The fraction of sp³-hybridized carbons (Fsp3) is 0.692. The second-order valence-electron chi connectivity index (χ2n) is 4.66. The van der Waals surface area contributed by atoms with Gasteiger partial charge in [-0.1, -0.05) is 44.6 Å². The largest absolute Gasteiger partial charge is 0.0812 e. The van der Waals surface area contributed by atoms with E-state index in [-0.39, 0.29) is 0 Å². The van der Waals surface area contributed by atoms with Gasteiger partial charge in [-0.05, 0) is 37.5 Å². The topological polar surface area (TPSA) is 0 Å². The highest BCUT2D eigenvalue weighted by Crippen LogP contribution is 2.24. The molecular weight excluding hydrogens is 156 g/mol. The maximum absolute atomic E-state index is 2.39. The lowest BCUT2D eigenvalue weighted by Gasteiger charge is -2.16. The van der Waals surface area contributed by atoms with Crippen LogP contribution in [0.15, 0.2) is 23.8 Å². The average Bonchev–Trinajstić information content (AvgIpc) is 2.12. The third-order valence-corrected chi connectivity index (χ3v) is 3.19. The number of hydrogen-bond donors (Lipinski definition) is 0. The summed E-state index contributed by atoms with van der Waals surface area (Å²) in [4.78, 5) is 0. The summed E-state index contributed by atoms with van der Waals surface area (Å²) >= 11 is 0. The van der Waals surface area contributed by atoms with Gasteiger partial charge in [0.2, 0.25) is 0 Å². The molecule has 1 aliphatic carbocycles. The van der Waals surface area contributed by atoms with Crippen molar-refractivity contribution in [3.05, 3.63) is 23.8 Å². The van der Waals surface area contributed by atoms with E-state index >= 15 is 0 Å². The predicted molar refractivity (Wildman–Crippen MR) is 59.6 cm³/mol. The molecular formula is C13H22. The highest BCUT2D eigenvalue weighted by Gasteiger charge is 2.11. The summed E-state index contributed by atoms with van der Waals surface area (Å²) in [5, 5.41) is 0. The fourth-order valence-corrected chi connectivity index (χ4v) is 1.87. The van der Waals surface area contributed by atoms with E-state index in [4.69, 9.17) is 0 Å². The van der Waals surface area contributed by atoms with Crippen LogP contribution in [0.3, 0.4) is 0 Å². The summed E-state index contributed by atoms with van der Waals surface area (Å²) in [7, 11) is 0. The molecule has 0 saturated heterocycles. The lowest BCUT2D eigenvalue weighted by Crippen LogP contribution is -2.05. The SMILES string of the molecule is CC1=C\C(C)CC[C@@H](C)[C@@H](C)/C=C\1. The lowest BCUT2D eigenvalue weighted by molar-refractivity contribution is 0.396. The van der Waals surface area contributed by atoms with E-state index in [9.17, 15) is 0 Å². The minimum atomic E-state index is 0.730. The van der Waals surface area contributed by atoms with Crippen LogP contribution in [0.1, 0.15) is 40.5 Å². The van der Waals surface area contributed by atoms with Crippen molar-refractivity contribution in [1.29, 1.82) is 0 Å². The molecule has 3 atom stereocenters. The first-order valence-corrected chi connectivity index (χ1v) is 5.46. The maximum Gasteiger partial charge on any atom is -0.0233 e. The quantitative estimate of drug-likeness (QED) is 0.521. The summed E-state index contributed by atoms with van der Waals surface area (Å²) in [6.07, 6.45) is 9.72. The number of hydrogen-bond acceptors (Lipinski definition) is 0. The molecule has 0 N–H and O–H groups in total. The Labute approximate surface area is 82.7 Å². The van der Waals surface area contributed by atoms with E-state index in [1.165, 1.54) is 18.4 Å². The third kappa shape index (κ3) is 3.38. The summed E-state index contributed by atoms with van der Waals surface area (Å²) in [5.74, 6) is 2.31. The number of rotatable bonds is 0. The van der Waals surface area contributed by atoms with Crippen molar-refractivity contribution in [3.63, 3.8) is 0 Å². The molecule has 0 spiro atoms. The minimum Gasteiger partial charge on any atom is -0.0812 e. The molecule has 0 aromatic rings. The summed E-state index contributed by atoms with van der Waals surface area (Å²) < 4.78 is 0. The van der Waals surface area contributed by atoms with Gasteiger partial charge in [0.05, 0.1) is 0 Å². The van der Waals surface area contributed by atoms with Crippen LogP contribution in [0.4, 0.5) is 0 Å². The van der Waals surface area contributed by atoms with Crippen molar-refractivity contribution < 1.29 is 0 Å². The van der Waals surface area contributed by atoms with Crippen molar-refractivity contribution in [1.82, 2.24) is 0 Å². The normalized spacial score (nSPS) is 42.5. The Morgan fingerprint density at radius 1 is 1.15 bits per heavy atom. The molecule has 0 nitrogen and oxygen atoms in total. The summed E-state index contributed by atoms with van der Waals surface area (Å²) in [6, 6.07) is 0. The van der Waals surface area contributed by atoms with Crippen molar-refractivity contribution in [3.8, 4) is 0 Å². The van der Waals surface area contributed by atoms with Crippen LogP contribution in [0.5, 0.6) is 0 Å². The van der Waals surface area contributed by atoms with Crippen LogP contribution in [-0.4, -0.2) is 0 Å². The third-order valence-electron chi connectivity index (χ3n) is 3.19. The lowest BCUT2D eigenvalue weighted by atomic mass is 9.89. The van der Waals surface area contributed by atoms with Crippen molar-refractivity contribution >= 4 is 0 Å². The molecule has 0 aromatic carbocycles. The van der Waals surface area contributed by atoms with Crippen LogP contribution in [0, 0.1) is 17.8 Å². The van der Waals surface area contributed by atoms with Gasteiger partial charge in [0.1, 0.15) is 0 Å². The van der Waals surface area contributed by atoms with Gasteiger partial charge in [-0.3, -0.25) is 0 Å². The minimum absolute atomic E-state index is 0.730. The summed E-state index contributed by atoms with van der Waals surface area (Å²) in [6.45, 7) is 9.21. The van der Waals surface area contributed by atoms with Crippen LogP contribution >= 0.6 is 0 Å². The van der Waals surface area contributed by atoms with Crippen LogP contribution in [0.25, 0.3) is 0 Å².